The summed E-state index contributed by atoms with van der Waals surface area (Å²) in [6.07, 6.45) is 0. The van der Waals surface area contributed by atoms with Gasteiger partial charge in [-0.2, -0.15) is 4.98 Å². The number of nitrogens with two attached hydrogens (primary N) is 1. The number of anilines is 1. The lowest BCUT2D eigenvalue weighted by molar-refractivity contribution is 0.500. The Bertz CT molecular complexity index is 772. The molecule has 0 fully saturated rings. The zero-order valence-electron chi connectivity index (χ0n) is 12.0. The predicted octanol–water partition coefficient (Wildman–Crippen LogP) is 4.51. The molecule has 0 aliphatic rings. The van der Waals surface area contributed by atoms with Crippen LogP contribution in [0.5, 0.6) is 0 Å². The lowest BCUT2D eigenvalue weighted by atomic mass is 10.0. The van der Waals surface area contributed by atoms with Gasteiger partial charge in [0, 0.05) is 11.5 Å². The molecule has 0 aliphatic heterocycles. The van der Waals surface area contributed by atoms with E-state index in [1.165, 1.54) is 16.3 Å². The van der Waals surface area contributed by atoms with Crippen LogP contribution < -0.4 is 5.73 Å². The molecular weight excluding hydrogens is 248 g/mol. The average molecular weight is 266 g/mol. The Morgan fingerprint density at radius 3 is 2.50 bits per heavy atom. The van der Waals surface area contributed by atoms with Gasteiger partial charge in [-0.1, -0.05) is 49.7 Å². The minimum absolute atomic E-state index is 0.229. The minimum Gasteiger partial charge on any atom is -0.428 e. The summed E-state index contributed by atoms with van der Waals surface area (Å²) in [5.41, 5.74) is 8.87. The van der Waals surface area contributed by atoms with E-state index in [9.17, 15) is 0 Å². The maximum Gasteiger partial charge on any atom is 0.292 e. The van der Waals surface area contributed by atoms with Gasteiger partial charge in [0.15, 0.2) is 0 Å². The number of fused-ring (bicyclic) bond motifs is 1. The van der Waals surface area contributed by atoms with Crippen LogP contribution in [-0.4, -0.2) is 4.98 Å². The molecule has 0 amide bonds. The van der Waals surface area contributed by atoms with Crippen molar-refractivity contribution in [1.29, 1.82) is 0 Å². The van der Waals surface area contributed by atoms with Gasteiger partial charge in [0.25, 0.3) is 6.01 Å². The molecule has 2 N–H and O–H groups in total. The molecule has 3 nitrogen and oxygen atoms in total. The molecule has 2 aromatic carbocycles. The average Bonchev–Trinajstić information content (AvgIpc) is 2.80. The molecule has 0 saturated carbocycles. The van der Waals surface area contributed by atoms with Crippen molar-refractivity contribution in [2.45, 2.75) is 26.7 Å². The van der Waals surface area contributed by atoms with Crippen molar-refractivity contribution in [2.24, 2.45) is 0 Å². The number of benzene rings is 2. The Balaban J connectivity index is 2.17. The highest BCUT2D eigenvalue weighted by atomic mass is 16.4. The van der Waals surface area contributed by atoms with Crippen LogP contribution in [0.25, 0.3) is 22.0 Å². The Kier molecular flexibility index (Phi) is 2.97. The first-order valence-electron chi connectivity index (χ1n) is 6.81. The molecule has 1 heterocycles. The van der Waals surface area contributed by atoms with E-state index in [4.69, 9.17) is 10.2 Å². The first-order chi connectivity index (χ1) is 9.54. The third-order valence-electron chi connectivity index (χ3n) is 3.46. The summed E-state index contributed by atoms with van der Waals surface area (Å²) in [7, 11) is 0. The normalized spacial score (nSPS) is 11.4. The third-order valence-corrected chi connectivity index (χ3v) is 3.46. The monoisotopic (exact) mass is 266 g/mol. The second-order valence-electron chi connectivity index (χ2n) is 5.49. The molecule has 0 atom stereocenters. The third kappa shape index (κ3) is 2.16. The first-order valence-corrected chi connectivity index (χ1v) is 6.81. The summed E-state index contributed by atoms with van der Waals surface area (Å²) in [4.78, 5) is 4.34. The largest absolute Gasteiger partial charge is 0.428 e. The molecule has 102 valence electrons. The van der Waals surface area contributed by atoms with E-state index in [1.807, 2.05) is 0 Å². The van der Waals surface area contributed by atoms with Crippen molar-refractivity contribution in [1.82, 2.24) is 4.98 Å². The Morgan fingerprint density at radius 1 is 1.05 bits per heavy atom. The van der Waals surface area contributed by atoms with Gasteiger partial charge >= 0.3 is 0 Å². The summed E-state index contributed by atoms with van der Waals surface area (Å²) < 4.78 is 5.53. The number of nitrogen functional groups attached to an aromatic ring is 1. The van der Waals surface area contributed by atoms with E-state index in [1.54, 1.807) is 0 Å². The molecular formula is C17H18N2O. The lowest BCUT2D eigenvalue weighted by Gasteiger charge is -2.06. The van der Waals surface area contributed by atoms with Crippen molar-refractivity contribution in [3.8, 4) is 11.3 Å². The lowest BCUT2D eigenvalue weighted by Crippen LogP contribution is -1.89. The first kappa shape index (κ1) is 12.7. The molecule has 3 aromatic rings. The number of aromatic nitrogens is 1. The van der Waals surface area contributed by atoms with E-state index in [2.05, 4.69) is 62.2 Å². The highest BCUT2D eigenvalue weighted by Crippen LogP contribution is 2.32. The fraction of sp³-hybridized carbons (Fsp3) is 0.235. The van der Waals surface area contributed by atoms with Gasteiger partial charge < -0.3 is 10.2 Å². The molecule has 3 heteroatoms. The molecule has 1 aromatic heterocycles. The summed E-state index contributed by atoms with van der Waals surface area (Å²) >= 11 is 0. The van der Waals surface area contributed by atoms with Gasteiger partial charge in [0.1, 0.15) is 11.5 Å². The van der Waals surface area contributed by atoms with Crippen LogP contribution in [0, 0.1) is 6.92 Å². The van der Waals surface area contributed by atoms with Gasteiger partial charge in [-0.25, -0.2) is 0 Å². The van der Waals surface area contributed by atoms with Crippen molar-refractivity contribution in [3.63, 3.8) is 0 Å². The second kappa shape index (κ2) is 4.67. The molecule has 0 radical (unpaired) electrons. The number of rotatable bonds is 2. The molecule has 20 heavy (non-hydrogen) atoms. The van der Waals surface area contributed by atoms with Crippen LogP contribution in [-0.2, 0) is 0 Å². The van der Waals surface area contributed by atoms with E-state index in [0.717, 1.165) is 17.0 Å². The fourth-order valence-electron chi connectivity index (χ4n) is 2.46. The van der Waals surface area contributed by atoms with Crippen LogP contribution in [0.4, 0.5) is 6.01 Å². The van der Waals surface area contributed by atoms with E-state index in [-0.39, 0.29) is 11.9 Å². The highest BCUT2D eigenvalue weighted by molar-refractivity contribution is 5.87. The zero-order valence-corrected chi connectivity index (χ0v) is 12.0. The van der Waals surface area contributed by atoms with Crippen LogP contribution in [0.3, 0.4) is 0 Å². The van der Waals surface area contributed by atoms with Gasteiger partial charge in [-0.05, 0) is 23.8 Å². The van der Waals surface area contributed by atoms with Gasteiger partial charge in [0.2, 0.25) is 0 Å². The minimum atomic E-state index is 0.229. The predicted molar refractivity (Wildman–Crippen MR) is 82.7 cm³/mol. The molecule has 0 bridgehead atoms. The number of nitrogens with zero attached hydrogens (tertiary/aromatic N) is 1. The summed E-state index contributed by atoms with van der Waals surface area (Å²) in [5.74, 6) is 1.09. The molecule has 0 saturated heterocycles. The van der Waals surface area contributed by atoms with Crippen LogP contribution in [0.1, 0.15) is 31.1 Å². The van der Waals surface area contributed by atoms with Gasteiger partial charge in [-0.15, -0.1) is 0 Å². The topological polar surface area (TPSA) is 52.0 Å². The smallest absolute Gasteiger partial charge is 0.292 e. The summed E-state index contributed by atoms with van der Waals surface area (Å²) in [6.45, 7) is 6.25. The van der Waals surface area contributed by atoms with E-state index in [0.29, 0.717) is 0 Å². The van der Waals surface area contributed by atoms with Crippen molar-refractivity contribution < 1.29 is 4.42 Å². The number of aryl methyl sites for hydroxylation is 1. The Morgan fingerprint density at radius 2 is 1.75 bits per heavy atom. The standard InChI is InChI=1S/C17H18N2O/c1-10(2)16-15(19-17(18)20-16)14-7-6-12-8-11(3)4-5-13(12)9-14/h4-10H,1-3H3,(H2,18,19). The van der Waals surface area contributed by atoms with E-state index < -0.39 is 0 Å². The van der Waals surface area contributed by atoms with Crippen LogP contribution in [0.15, 0.2) is 40.8 Å². The molecule has 3 rings (SSSR count). The highest BCUT2D eigenvalue weighted by Gasteiger charge is 2.16. The fourth-order valence-corrected chi connectivity index (χ4v) is 2.46. The molecule has 0 unspecified atom stereocenters. The summed E-state index contributed by atoms with van der Waals surface area (Å²) in [5, 5.41) is 2.43. The van der Waals surface area contributed by atoms with Crippen molar-refractivity contribution in [3.05, 3.63) is 47.7 Å². The Labute approximate surface area is 118 Å². The Hall–Kier alpha value is -2.29. The quantitative estimate of drug-likeness (QED) is 0.742. The van der Waals surface area contributed by atoms with Crippen molar-refractivity contribution in [2.75, 3.05) is 5.73 Å². The van der Waals surface area contributed by atoms with Gasteiger partial charge in [-0.3, -0.25) is 0 Å². The summed E-state index contributed by atoms with van der Waals surface area (Å²) in [6, 6.07) is 13.0. The zero-order chi connectivity index (χ0) is 14.3. The molecule has 0 spiro atoms. The molecule has 0 aliphatic carbocycles. The van der Waals surface area contributed by atoms with Crippen LogP contribution in [0.2, 0.25) is 0 Å². The number of hydrogen-bond donors (Lipinski definition) is 1. The SMILES string of the molecule is Cc1ccc2cc(-c3nc(N)oc3C(C)C)ccc2c1. The van der Waals surface area contributed by atoms with Crippen molar-refractivity contribution >= 4 is 16.8 Å². The second-order valence-corrected chi connectivity index (χ2v) is 5.49. The number of oxazole rings is 1. The van der Waals surface area contributed by atoms with E-state index >= 15 is 0 Å². The maximum absolute atomic E-state index is 5.71. The number of hydrogen-bond acceptors (Lipinski definition) is 3. The maximum atomic E-state index is 5.71. The van der Waals surface area contributed by atoms with Gasteiger partial charge in [0.05, 0.1) is 0 Å². The van der Waals surface area contributed by atoms with Crippen LogP contribution >= 0.6 is 0 Å².